The monoisotopic (exact) mass is 406 g/mol. The summed E-state index contributed by atoms with van der Waals surface area (Å²) < 4.78 is 0. The van der Waals surface area contributed by atoms with Crippen molar-refractivity contribution >= 4 is 17.7 Å². The number of fused-ring (bicyclic) bond motifs is 6. The molecule has 1 unspecified atom stereocenters. The molecule has 1 saturated heterocycles. The molecule has 3 aromatic carbocycles. The van der Waals surface area contributed by atoms with Crippen molar-refractivity contribution in [3.63, 3.8) is 0 Å². The molecule has 3 aromatic rings. The smallest absolute Gasteiger partial charge is 0.241 e. The van der Waals surface area contributed by atoms with Crippen LogP contribution in [-0.2, 0) is 16.6 Å². The Bertz CT molecular complexity index is 1290. The van der Waals surface area contributed by atoms with Gasteiger partial charge in [-0.25, -0.2) is 0 Å². The molecular weight excluding hydrogens is 380 g/mol. The third-order valence-corrected chi connectivity index (χ3v) is 7.46. The Morgan fingerprint density at radius 1 is 0.968 bits per heavy atom. The lowest BCUT2D eigenvalue weighted by Crippen LogP contribution is -2.58. The van der Waals surface area contributed by atoms with Gasteiger partial charge in [0.05, 0.1) is 6.54 Å². The lowest BCUT2D eigenvalue weighted by Gasteiger charge is -2.40. The van der Waals surface area contributed by atoms with Crippen molar-refractivity contribution in [1.82, 2.24) is 5.32 Å². The van der Waals surface area contributed by atoms with E-state index in [0.717, 1.165) is 12.1 Å². The van der Waals surface area contributed by atoms with Crippen molar-refractivity contribution in [2.75, 3.05) is 11.4 Å². The van der Waals surface area contributed by atoms with Crippen molar-refractivity contribution in [3.8, 4) is 11.1 Å². The Labute approximate surface area is 183 Å². The molecule has 154 valence electrons. The Balaban J connectivity index is 1.41. The number of hydrogen-bond acceptors (Lipinski definition) is 2. The first-order valence-electron chi connectivity index (χ1n) is 11.0. The third-order valence-electron chi connectivity index (χ3n) is 7.46. The van der Waals surface area contributed by atoms with Gasteiger partial charge >= 0.3 is 0 Å². The highest BCUT2D eigenvalue weighted by Gasteiger charge is 2.59. The van der Waals surface area contributed by atoms with E-state index in [-0.39, 0.29) is 11.3 Å². The standard InChI is InChI=1S/C28H26N2O/c1-18-8-11-25-24(14-18)27(2,3)28(29-26(31)17-30(25)28)13-12-19-9-10-23-21(15-19)16-20-6-4-5-7-22(20)23/h4-15H,16-17H2,1-3H3,(H,29,31). The third kappa shape index (κ3) is 2.43. The fraction of sp³-hybridized carbons (Fsp3) is 0.250. The fourth-order valence-electron chi connectivity index (χ4n) is 5.77. The van der Waals surface area contributed by atoms with Crippen molar-refractivity contribution < 1.29 is 4.79 Å². The van der Waals surface area contributed by atoms with E-state index in [9.17, 15) is 4.79 Å². The first kappa shape index (κ1) is 18.4. The fourth-order valence-corrected chi connectivity index (χ4v) is 5.77. The minimum Gasteiger partial charge on any atom is -0.335 e. The van der Waals surface area contributed by atoms with E-state index in [1.54, 1.807) is 0 Å². The van der Waals surface area contributed by atoms with E-state index < -0.39 is 5.66 Å². The Morgan fingerprint density at radius 2 is 1.77 bits per heavy atom. The molecule has 2 heterocycles. The highest BCUT2D eigenvalue weighted by Crippen LogP contribution is 2.53. The Kier molecular flexibility index (Phi) is 3.63. The summed E-state index contributed by atoms with van der Waals surface area (Å²) >= 11 is 0. The molecule has 0 bridgehead atoms. The van der Waals surface area contributed by atoms with Crippen LogP contribution in [0.5, 0.6) is 0 Å². The predicted octanol–water partition coefficient (Wildman–Crippen LogP) is 5.20. The molecule has 0 saturated carbocycles. The van der Waals surface area contributed by atoms with Gasteiger partial charge in [0.1, 0.15) is 5.66 Å². The predicted molar refractivity (Wildman–Crippen MR) is 126 cm³/mol. The molecule has 6 rings (SSSR count). The molecule has 1 atom stereocenters. The van der Waals surface area contributed by atoms with Gasteiger partial charge in [-0.15, -0.1) is 0 Å². The second-order valence-electron chi connectivity index (χ2n) is 9.63. The van der Waals surface area contributed by atoms with Gasteiger partial charge in [0, 0.05) is 11.1 Å². The average Bonchev–Trinajstić information content (AvgIpc) is 3.34. The molecule has 3 aliphatic rings. The normalized spacial score (nSPS) is 22.3. The Morgan fingerprint density at radius 3 is 2.65 bits per heavy atom. The van der Waals surface area contributed by atoms with E-state index >= 15 is 0 Å². The molecule has 1 fully saturated rings. The lowest BCUT2D eigenvalue weighted by atomic mass is 9.75. The summed E-state index contributed by atoms with van der Waals surface area (Å²) in [7, 11) is 0. The maximum atomic E-state index is 12.5. The first-order valence-corrected chi connectivity index (χ1v) is 11.0. The van der Waals surface area contributed by atoms with Crippen molar-refractivity contribution in [2.45, 2.75) is 38.3 Å². The van der Waals surface area contributed by atoms with Gasteiger partial charge in [-0.05, 0) is 58.9 Å². The SMILES string of the molecule is Cc1ccc2c(c1)C(C)(C)C1(C=Cc3ccc4c(c3)Cc3ccccc3-4)NC(=O)CN21. The number of nitrogens with zero attached hydrogens (tertiary/aromatic N) is 1. The number of anilines is 1. The molecule has 1 amide bonds. The number of carbonyl (C=O) groups excluding carboxylic acids is 1. The number of hydrogen-bond donors (Lipinski definition) is 1. The maximum absolute atomic E-state index is 12.5. The molecule has 0 aromatic heterocycles. The molecule has 2 aliphatic heterocycles. The molecule has 3 heteroatoms. The topological polar surface area (TPSA) is 32.3 Å². The summed E-state index contributed by atoms with van der Waals surface area (Å²) in [5.41, 5.74) is 9.53. The first-order chi connectivity index (χ1) is 14.9. The van der Waals surface area contributed by atoms with Crippen molar-refractivity contribution in [1.29, 1.82) is 0 Å². The summed E-state index contributed by atoms with van der Waals surface area (Å²) in [4.78, 5) is 14.8. The van der Waals surface area contributed by atoms with Crippen LogP contribution >= 0.6 is 0 Å². The van der Waals surface area contributed by atoms with Gasteiger partial charge in [-0.2, -0.15) is 0 Å². The second kappa shape index (κ2) is 6.10. The largest absolute Gasteiger partial charge is 0.335 e. The summed E-state index contributed by atoms with van der Waals surface area (Å²) in [6, 6.07) is 21.9. The maximum Gasteiger partial charge on any atom is 0.241 e. The molecule has 1 aliphatic carbocycles. The molecule has 0 spiro atoms. The minimum atomic E-state index is -0.553. The van der Waals surface area contributed by atoms with Gasteiger partial charge in [-0.3, -0.25) is 4.79 Å². The number of benzene rings is 3. The van der Waals surface area contributed by atoms with Crippen LogP contribution in [0, 0.1) is 6.92 Å². The van der Waals surface area contributed by atoms with E-state index in [1.807, 2.05) is 0 Å². The van der Waals surface area contributed by atoms with Gasteiger partial charge in [-0.1, -0.05) is 80.1 Å². The summed E-state index contributed by atoms with van der Waals surface area (Å²) in [6.07, 6.45) is 5.37. The number of nitrogens with one attached hydrogen (secondary N) is 1. The van der Waals surface area contributed by atoms with Crippen molar-refractivity contribution in [2.24, 2.45) is 0 Å². The number of aryl methyl sites for hydroxylation is 1. The highest BCUT2D eigenvalue weighted by atomic mass is 16.2. The van der Waals surface area contributed by atoms with Gasteiger partial charge in [0.15, 0.2) is 0 Å². The molecule has 0 radical (unpaired) electrons. The molecular formula is C28H26N2O. The lowest BCUT2D eigenvalue weighted by molar-refractivity contribution is -0.118. The van der Waals surface area contributed by atoms with Gasteiger partial charge < -0.3 is 10.2 Å². The van der Waals surface area contributed by atoms with Crippen molar-refractivity contribution in [3.05, 3.63) is 94.6 Å². The van der Waals surface area contributed by atoms with Crippen LogP contribution in [-0.4, -0.2) is 18.1 Å². The molecule has 31 heavy (non-hydrogen) atoms. The van der Waals surface area contributed by atoms with Crippen LogP contribution in [0.2, 0.25) is 0 Å². The summed E-state index contributed by atoms with van der Waals surface area (Å²) in [5.74, 6) is 0.0772. The number of carbonyl (C=O) groups is 1. The second-order valence-corrected chi connectivity index (χ2v) is 9.63. The van der Waals surface area contributed by atoms with Crippen LogP contribution in [0.4, 0.5) is 5.69 Å². The Hall–Kier alpha value is -3.33. The zero-order valence-corrected chi connectivity index (χ0v) is 18.2. The van der Waals surface area contributed by atoms with E-state index in [1.165, 1.54) is 38.9 Å². The summed E-state index contributed by atoms with van der Waals surface area (Å²) in [5, 5.41) is 3.32. The summed E-state index contributed by atoms with van der Waals surface area (Å²) in [6.45, 7) is 6.99. The highest BCUT2D eigenvalue weighted by molar-refractivity contribution is 5.92. The average molecular weight is 407 g/mol. The van der Waals surface area contributed by atoms with Crippen LogP contribution in [0.25, 0.3) is 17.2 Å². The van der Waals surface area contributed by atoms with Gasteiger partial charge in [0.2, 0.25) is 5.91 Å². The zero-order chi connectivity index (χ0) is 21.4. The number of amides is 1. The van der Waals surface area contributed by atoms with Gasteiger partial charge in [0.25, 0.3) is 0 Å². The van der Waals surface area contributed by atoms with E-state index in [4.69, 9.17) is 0 Å². The molecule has 3 nitrogen and oxygen atoms in total. The van der Waals surface area contributed by atoms with Crippen LogP contribution in [0.3, 0.4) is 0 Å². The van der Waals surface area contributed by atoms with E-state index in [0.29, 0.717) is 6.54 Å². The minimum absolute atomic E-state index is 0.0772. The molecule has 1 N–H and O–H groups in total. The van der Waals surface area contributed by atoms with E-state index in [2.05, 4.69) is 104 Å². The zero-order valence-electron chi connectivity index (χ0n) is 18.2. The van der Waals surface area contributed by atoms with Crippen LogP contribution < -0.4 is 10.2 Å². The van der Waals surface area contributed by atoms with Crippen LogP contribution in [0.15, 0.2) is 66.7 Å². The quantitative estimate of drug-likeness (QED) is 0.496. The van der Waals surface area contributed by atoms with Crippen LogP contribution in [0.1, 0.15) is 41.7 Å². The number of rotatable bonds is 2.